The number of nitrogens with one attached hydrogen (secondary N) is 3. The van der Waals surface area contributed by atoms with E-state index in [4.69, 9.17) is 23.8 Å². The molecule has 0 spiro atoms. The molecule has 2 heterocycles. The van der Waals surface area contributed by atoms with E-state index >= 15 is 0 Å². The largest absolute Gasteiger partial charge is 0.299 e. The number of benzene rings is 1. The third-order valence-corrected chi connectivity index (χ3v) is 3.67. The third kappa shape index (κ3) is 2.20. The van der Waals surface area contributed by atoms with E-state index in [2.05, 4.69) is 21.3 Å². The van der Waals surface area contributed by atoms with Crippen molar-refractivity contribution in [2.24, 2.45) is 5.10 Å². The predicted molar refractivity (Wildman–Crippen MR) is 81.2 cm³/mol. The monoisotopic (exact) mass is 308 g/mol. The molecule has 0 radical (unpaired) electrons. The molecule has 6 nitrogen and oxygen atoms in total. The minimum atomic E-state index is 0.662. The topological polar surface area (TPSA) is 60.4 Å². The van der Waals surface area contributed by atoms with Gasteiger partial charge in [-0.1, -0.05) is 23.8 Å². The van der Waals surface area contributed by atoms with Gasteiger partial charge in [0.1, 0.15) is 4.64 Å². The second-order valence-electron chi connectivity index (χ2n) is 4.21. The summed E-state index contributed by atoms with van der Waals surface area (Å²) in [7, 11) is 0. The molecule has 8 heteroatoms. The first-order valence-electron chi connectivity index (χ1n) is 6.13. The molecule has 1 aliphatic rings. The molecule has 3 N–H and O–H groups in total. The van der Waals surface area contributed by atoms with Gasteiger partial charge < -0.3 is 0 Å². The van der Waals surface area contributed by atoms with Crippen LogP contribution in [0.3, 0.4) is 0 Å². The van der Waals surface area contributed by atoms with Crippen LogP contribution in [0, 0.1) is 4.64 Å². The molecule has 0 unspecified atom stereocenters. The van der Waals surface area contributed by atoms with Crippen molar-refractivity contribution in [3.05, 3.63) is 45.7 Å². The quantitative estimate of drug-likeness (QED) is 0.761. The summed E-state index contributed by atoms with van der Waals surface area (Å²) in [6, 6.07) is 7.47. The molecule has 1 aromatic heterocycles. The zero-order chi connectivity index (χ0) is 14.1. The van der Waals surface area contributed by atoms with Gasteiger partial charge in [0, 0.05) is 17.8 Å². The number of amidine groups is 1. The Labute approximate surface area is 126 Å². The molecule has 2 aromatic rings. The van der Waals surface area contributed by atoms with Crippen LogP contribution in [0.4, 0.5) is 0 Å². The highest BCUT2D eigenvalue weighted by atomic mass is 35.5. The van der Waals surface area contributed by atoms with Crippen molar-refractivity contribution in [1.29, 1.82) is 0 Å². The number of hydrazine groups is 2. The van der Waals surface area contributed by atoms with E-state index in [1.54, 1.807) is 0 Å². The van der Waals surface area contributed by atoms with E-state index in [0.29, 0.717) is 9.66 Å². The van der Waals surface area contributed by atoms with E-state index in [-0.39, 0.29) is 0 Å². The number of rotatable bonds is 3. The molecule has 104 valence electrons. The second-order valence-corrected chi connectivity index (χ2v) is 5.03. The van der Waals surface area contributed by atoms with E-state index in [9.17, 15) is 0 Å². The van der Waals surface area contributed by atoms with E-state index in [1.165, 1.54) is 0 Å². The van der Waals surface area contributed by atoms with Gasteiger partial charge >= 0.3 is 0 Å². The van der Waals surface area contributed by atoms with Gasteiger partial charge in [0.05, 0.1) is 11.3 Å². The van der Waals surface area contributed by atoms with Crippen LogP contribution in [0.2, 0.25) is 5.02 Å². The van der Waals surface area contributed by atoms with Crippen molar-refractivity contribution in [2.45, 2.75) is 6.92 Å². The third-order valence-electron chi connectivity index (χ3n) is 3.02. The molecule has 0 amide bonds. The fourth-order valence-electron chi connectivity index (χ4n) is 2.00. The first-order valence-corrected chi connectivity index (χ1v) is 6.92. The number of H-pyrrole nitrogens is 1. The van der Waals surface area contributed by atoms with Crippen molar-refractivity contribution in [2.75, 3.05) is 6.54 Å². The Morgan fingerprint density at radius 3 is 2.75 bits per heavy atom. The summed E-state index contributed by atoms with van der Waals surface area (Å²) < 4.78 is 2.48. The highest BCUT2D eigenvalue weighted by Gasteiger charge is 2.20. The highest BCUT2D eigenvalue weighted by Crippen LogP contribution is 2.16. The van der Waals surface area contributed by atoms with Crippen LogP contribution < -0.4 is 11.1 Å². The zero-order valence-corrected chi connectivity index (χ0v) is 12.3. The van der Waals surface area contributed by atoms with Gasteiger partial charge in [-0.05, 0) is 31.2 Å². The lowest BCUT2D eigenvalue weighted by Gasteiger charge is -2.14. The molecule has 1 aromatic carbocycles. The fourth-order valence-corrected chi connectivity index (χ4v) is 2.43. The Hall–Kier alpha value is -1.83. The van der Waals surface area contributed by atoms with Crippen molar-refractivity contribution in [1.82, 2.24) is 25.9 Å². The molecule has 0 saturated heterocycles. The van der Waals surface area contributed by atoms with Gasteiger partial charge in [0.2, 0.25) is 0 Å². The van der Waals surface area contributed by atoms with Gasteiger partial charge in [0.25, 0.3) is 0 Å². The smallest absolute Gasteiger partial charge is 0.177 e. The molecule has 0 bridgehead atoms. The van der Waals surface area contributed by atoms with Gasteiger partial charge in [-0.3, -0.25) is 10.1 Å². The van der Waals surface area contributed by atoms with Gasteiger partial charge in [-0.2, -0.15) is 0 Å². The van der Waals surface area contributed by atoms with Crippen molar-refractivity contribution < 1.29 is 0 Å². The normalized spacial score (nSPS) is 14.3. The number of hydrogen-bond donors (Lipinski definition) is 3. The van der Waals surface area contributed by atoms with Crippen LogP contribution in [-0.2, 0) is 0 Å². The van der Waals surface area contributed by atoms with Crippen LogP contribution in [0.25, 0.3) is 5.69 Å². The van der Waals surface area contributed by atoms with E-state index < -0.39 is 0 Å². The second kappa shape index (κ2) is 5.28. The Kier molecular flexibility index (Phi) is 3.47. The maximum atomic E-state index is 5.90. The molecule has 0 atom stereocenters. The van der Waals surface area contributed by atoms with Crippen molar-refractivity contribution in [3.8, 4) is 5.69 Å². The molecule has 0 aliphatic carbocycles. The molecular weight excluding hydrogens is 296 g/mol. The number of hydrazone groups is 1. The van der Waals surface area contributed by atoms with Crippen molar-refractivity contribution >= 4 is 29.7 Å². The summed E-state index contributed by atoms with van der Waals surface area (Å²) in [5.74, 6) is 0.765. The maximum absolute atomic E-state index is 5.90. The average Bonchev–Trinajstić information content (AvgIpc) is 3.06. The molecular formula is C12H13ClN6S. The maximum Gasteiger partial charge on any atom is 0.177 e. The molecule has 0 fully saturated rings. The summed E-state index contributed by atoms with van der Waals surface area (Å²) >= 11 is 11.4. The number of nitrogens with zero attached hydrogens (tertiary/aromatic N) is 3. The molecule has 1 aliphatic heterocycles. The molecule has 20 heavy (non-hydrogen) atoms. The minimum Gasteiger partial charge on any atom is -0.299 e. The van der Waals surface area contributed by atoms with Crippen LogP contribution in [-0.4, -0.2) is 27.2 Å². The number of halogens is 1. The van der Waals surface area contributed by atoms with Gasteiger partial charge in [0.15, 0.2) is 5.84 Å². The predicted octanol–water partition coefficient (Wildman–Crippen LogP) is 2.19. The van der Waals surface area contributed by atoms with Crippen LogP contribution in [0.5, 0.6) is 0 Å². The summed E-state index contributed by atoms with van der Waals surface area (Å²) in [5, 5.41) is 9.91. The number of hydrogen-bond acceptors (Lipinski definition) is 5. The summed E-state index contributed by atoms with van der Waals surface area (Å²) in [5.41, 5.74) is 7.44. The number of aromatic amines is 1. The highest BCUT2D eigenvalue weighted by molar-refractivity contribution is 7.71. The Morgan fingerprint density at radius 2 is 2.05 bits per heavy atom. The Balaban J connectivity index is 2.01. The zero-order valence-electron chi connectivity index (χ0n) is 10.7. The molecule has 0 saturated carbocycles. The average molecular weight is 309 g/mol. The summed E-state index contributed by atoms with van der Waals surface area (Å²) in [4.78, 5) is 0. The van der Waals surface area contributed by atoms with Gasteiger partial charge in [-0.25, -0.2) is 10.2 Å². The first kappa shape index (κ1) is 13.2. The van der Waals surface area contributed by atoms with E-state index in [0.717, 1.165) is 23.6 Å². The van der Waals surface area contributed by atoms with Crippen LogP contribution in [0.1, 0.15) is 12.5 Å². The fraction of sp³-hybridized carbons (Fsp3) is 0.167. The lowest BCUT2D eigenvalue weighted by atomic mass is 10.3. The Bertz CT molecular complexity index is 701. The van der Waals surface area contributed by atoms with Crippen LogP contribution in [0.15, 0.2) is 35.6 Å². The van der Waals surface area contributed by atoms with E-state index in [1.807, 2.05) is 47.1 Å². The first-order chi connectivity index (χ1) is 9.70. The lowest BCUT2D eigenvalue weighted by molar-refractivity contribution is 0.308. The summed E-state index contributed by atoms with van der Waals surface area (Å²) in [6.07, 6.45) is 1.84. The standard InChI is InChI=1S/C12H13ClN6S/c1-2-18-11(15-16-17-18)10-7-14-19(12(10)20)9-5-3-8(13)4-6-9/h3-7,14,16-17H,2H2,1H3. The van der Waals surface area contributed by atoms with Gasteiger partial charge in [-0.15, -0.1) is 10.6 Å². The number of aromatic nitrogens is 2. The Morgan fingerprint density at radius 1 is 1.30 bits per heavy atom. The van der Waals surface area contributed by atoms with Crippen molar-refractivity contribution in [3.63, 3.8) is 0 Å². The minimum absolute atomic E-state index is 0.662. The van der Waals surface area contributed by atoms with Crippen LogP contribution >= 0.6 is 23.8 Å². The summed E-state index contributed by atoms with van der Waals surface area (Å²) in [6.45, 7) is 2.80. The SMILES string of the molecule is CCN1NNN=C1c1c[nH]n(-c2ccc(Cl)cc2)c1=S. The molecule has 3 rings (SSSR count). The lowest BCUT2D eigenvalue weighted by Crippen LogP contribution is -2.40.